The van der Waals surface area contributed by atoms with E-state index in [0.717, 1.165) is 69.7 Å². The average Bonchev–Trinajstić information content (AvgIpc) is 3.78. The lowest BCUT2D eigenvalue weighted by atomic mass is 10.1. The second kappa shape index (κ2) is 15.0. The monoisotopic (exact) mass is 687 g/mol. The van der Waals surface area contributed by atoms with E-state index in [4.69, 9.17) is 4.74 Å². The molecule has 0 aliphatic carbocycles. The van der Waals surface area contributed by atoms with Gasteiger partial charge in [0.25, 0.3) is 0 Å². The van der Waals surface area contributed by atoms with Crippen LogP contribution in [-0.2, 0) is 4.74 Å². The van der Waals surface area contributed by atoms with Crippen molar-refractivity contribution in [3.8, 4) is 12.1 Å². The number of nitrogens with zero attached hydrogens (tertiary/aromatic N) is 11. The summed E-state index contributed by atoms with van der Waals surface area (Å²) in [4.78, 5) is 33.8. The standard InChI is InChI=1S/C18H18N6S.C17H15N5OS/c1-23-8-10-24(11-9-23)18-20-7-6-14(22-18)13(12-19)17-21-15-4-2-3-5-16(15)25-17;18-11-12(16-20-14-3-1-2-4-15(14)24-16)13-5-6-19-17(21-13)22-7-9-23-10-8-22/h2-7,13H,8-11H2,1H3;1-6,12H,7-10H2. The third kappa shape index (κ3) is 7.33. The van der Waals surface area contributed by atoms with Crippen molar-refractivity contribution in [1.29, 1.82) is 10.5 Å². The van der Waals surface area contributed by atoms with E-state index in [0.29, 0.717) is 36.5 Å². The zero-order chi connectivity index (χ0) is 33.6. The van der Waals surface area contributed by atoms with Crippen LogP contribution < -0.4 is 9.80 Å². The first-order valence-electron chi connectivity index (χ1n) is 16.0. The molecular weight excluding hydrogens is 655 g/mol. The predicted molar refractivity (Wildman–Crippen MR) is 191 cm³/mol. The zero-order valence-corrected chi connectivity index (χ0v) is 28.5. The number of anilines is 2. The molecule has 4 aromatic heterocycles. The molecule has 8 rings (SSSR count). The first-order valence-corrected chi connectivity index (χ1v) is 17.6. The maximum absolute atomic E-state index is 9.73. The third-order valence-corrected chi connectivity index (χ3v) is 10.6. The summed E-state index contributed by atoms with van der Waals surface area (Å²) in [5, 5.41) is 21.0. The molecule has 0 N–H and O–H groups in total. The van der Waals surface area contributed by atoms with Crippen LogP contribution in [0.2, 0.25) is 0 Å². The molecule has 2 aliphatic rings. The molecule has 0 amide bonds. The summed E-state index contributed by atoms with van der Waals surface area (Å²) in [6.45, 7) is 6.67. The zero-order valence-electron chi connectivity index (χ0n) is 26.9. The Balaban J connectivity index is 0.000000154. The van der Waals surface area contributed by atoms with Crippen LogP contribution in [-0.4, -0.2) is 94.3 Å². The van der Waals surface area contributed by atoms with Gasteiger partial charge < -0.3 is 19.4 Å². The van der Waals surface area contributed by atoms with Gasteiger partial charge >= 0.3 is 0 Å². The number of thiazole rings is 2. The number of hydrogen-bond acceptors (Lipinski definition) is 14. The molecule has 0 saturated carbocycles. The van der Waals surface area contributed by atoms with Crippen LogP contribution in [0.1, 0.15) is 33.2 Å². The van der Waals surface area contributed by atoms with E-state index >= 15 is 0 Å². The Morgan fingerprint density at radius 1 is 0.633 bits per heavy atom. The van der Waals surface area contributed by atoms with Crippen molar-refractivity contribution in [1.82, 2.24) is 34.8 Å². The summed E-state index contributed by atoms with van der Waals surface area (Å²) in [5.74, 6) is 0.404. The summed E-state index contributed by atoms with van der Waals surface area (Å²) >= 11 is 3.09. The number of aromatic nitrogens is 6. The topological polar surface area (TPSA) is 144 Å². The maximum Gasteiger partial charge on any atom is 0.225 e. The van der Waals surface area contributed by atoms with Crippen molar-refractivity contribution < 1.29 is 4.74 Å². The highest BCUT2D eigenvalue weighted by Gasteiger charge is 2.24. The summed E-state index contributed by atoms with van der Waals surface area (Å²) < 4.78 is 7.53. The fourth-order valence-corrected chi connectivity index (χ4v) is 7.69. The van der Waals surface area contributed by atoms with Gasteiger partial charge in [0, 0.05) is 51.7 Å². The third-order valence-electron chi connectivity index (χ3n) is 8.37. The van der Waals surface area contributed by atoms with E-state index in [-0.39, 0.29) is 0 Å². The van der Waals surface area contributed by atoms with Gasteiger partial charge in [0.15, 0.2) is 0 Å². The number of ether oxygens (including phenoxy) is 1. The number of fused-ring (bicyclic) bond motifs is 2. The van der Waals surface area contributed by atoms with E-state index < -0.39 is 11.8 Å². The van der Waals surface area contributed by atoms with Crippen LogP contribution >= 0.6 is 22.7 Å². The second-order valence-corrected chi connectivity index (χ2v) is 13.7. The molecule has 2 fully saturated rings. The molecule has 0 radical (unpaired) electrons. The van der Waals surface area contributed by atoms with Crippen LogP contribution in [0.15, 0.2) is 73.1 Å². The number of rotatable bonds is 6. The van der Waals surface area contributed by atoms with E-state index in [9.17, 15) is 10.5 Å². The number of nitriles is 2. The normalized spacial score (nSPS) is 16.4. The number of morpholine rings is 1. The molecule has 49 heavy (non-hydrogen) atoms. The molecule has 0 bridgehead atoms. The number of piperazine rings is 1. The summed E-state index contributed by atoms with van der Waals surface area (Å²) in [6, 6.07) is 24.2. The van der Waals surface area contributed by atoms with Gasteiger partial charge in [0.2, 0.25) is 11.9 Å². The molecule has 2 aliphatic heterocycles. The van der Waals surface area contributed by atoms with E-state index in [1.807, 2.05) is 54.6 Å². The second-order valence-electron chi connectivity index (χ2n) is 11.6. The lowest BCUT2D eigenvalue weighted by Crippen LogP contribution is -2.45. The summed E-state index contributed by atoms with van der Waals surface area (Å²) in [6.07, 6.45) is 3.46. The van der Waals surface area contributed by atoms with Gasteiger partial charge in [-0.05, 0) is 43.4 Å². The highest BCUT2D eigenvalue weighted by atomic mass is 32.1. The molecule has 6 heterocycles. The molecule has 6 aromatic rings. The van der Waals surface area contributed by atoms with Gasteiger partial charge in [-0.1, -0.05) is 24.3 Å². The van der Waals surface area contributed by atoms with Gasteiger partial charge in [-0.3, -0.25) is 0 Å². The molecule has 2 saturated heterocycles. The molecule has 0 spiro atoms. The number of hydrogen-bond donors (Lipinski definition) is 0. The minimum absolute atomic E-state index is 0.466. The Bertz CT molecular complexity index is 2060. The van der Waals surface area contributed by atoms with Gasteiger partial charge in [0.1, 0.15) is 21.9 Å². The lowest BCUT2D eigenvalue weighted by molar-refractivity contribution is 0.122. The smallest absolute Gasteiger partial charge is 0.225 e. The van der Waals surface area contributed by atoms with Crippen LogP contribution in [0, 0.1) is 22.7 Å². The van der Waals surface area contributed by atoms with Crippen LogP contribution in [0.3, 0.4) is 0 Å². The highest BCUT2D eigenvalue weighted by Crippen LogP contribution is 2.32. The molecule has 2 atom stereocenters. The van der Waals surface area contributed by atoms with E-state index in [1.165, 1.54) is 11.3 Å². The van der Waals surface area contributed by atoms with Crippen molar-refractivity contribution in [2.45, 2.75) is 11.8 Å². The minimum Gasteiger partial charge on any atom is -0.378 e. The first-order chi connectivity index (χ1) is 24.1. The Kier molecular flexibility index (Phi) is 9.91. The predicted octanol–water partition coefficient (Wildman–Crippen LogP) is 5.07. The Labute approximate surface area is 291 Å². The molecule has 14 heteroatoms. The van der Waals surface area contributed by atoms with E-state index in [2.05, 4.69) is 63.8 Å². The molecule has 2 aromatic carbocycles. The molecule has 246 valence electrons. The molecular formula is C35H33N11OS2. The summed E-state index contributed by atoms with van der Waals surface area (Å²) in [7, 11) is 2.12. The van der Waals surface area contributed by atoms with Crippen molar-refractivity contribution >= 4 is 55.0 Å². The van der Waals surface area contributed by atoms with Crippen molar-refractivity contribution in [2.24, 2.45) is 0 Å². The van der Waals surface area contributed by atoms with Gasteiger partial charge in [-0.15, -0.1) is 22.7 Å². The lowest BCUT2D eigenvalue weighted by Gasteiger charge is -2.32. The van der Waals surface area contributed by atoms with Gasteiger partial charge in [-0.25, -0.2) is 29.9 Å². The largest absolute Gasteiger partial charge is 0.378 e. The number of benzene rings is 2. The van der Waals surface area contributed by atoms with Crippen LogP contribution in [0.5, 0.6) is 0 Å². The Hall–Kier alpha value is -5.12. The number of para-hydroxylation sites is 2. The first kappa shape index (κ1) is 32.4. The fourth-order valence-electron chi connectivity index (χ4n) is 5.64. The summed E-state index contributed by atoms with van der Waals surface area (Å²) in [5.41, 5.74) is 3.25. The molecule has 2 unspecified atom stereocenters. The molecule has 12 nitrogen and oxygen atoms in total. The Morgan fingerprint density at radius 2 is 1.10 bits per heavy atom. The quantitative estimate of drug-likeness (QED) is 0.231. The van der Waals surface area contributed by atoms with Crippen molar-refractivity contribution in [3.63, 3.8) is 0 Å². The van der Waals surface area contributed by atoms with Gasteiger partial charge in [-0.2, -0.15) is 10.5 Å². The van der Waals surface area contributed by atoms with E-state index in [1.54, 1.807) is 29.8 Å². The maximum atomic E-state index is 9.73. The highest BCUT2D eigenvalue weighted by molar-refractivity contribution is 7.19. The van der Waals surface area contributed by atoms with Crippen LogP contribution in [0.4, 0.5) is 11.9 Å². The fraction of sp³-hybridized carbons (Fsp3) is 0.314. The SMILES string of the molecule is CN1CCN(c2nccc(C(C#N)c3nc4ccccc4s3)n2)CC1.N#CC(c1ccnc(N2CCOCC2)n1)c1nc2ccccc2s1. The average molecular weight is 688 g/mol. The van der Waals surface area contributed by atoms with Gasteiger partial charge in [0.05, 0.1) is 57.2 Å². The number of likely N-dealkylation sites (N-methyl/N-ethyl adjacent to an activating group) is 1. The Morgan fingerprint density at radius 3 is 1.57 bits per heavy atom. The van der Waals surface area contributed by atoms with Crippen molar-refractivity contribution in [2.75, 3.05) is 69.3 Å². The minimum atomic E-state index is -0.481. The van der Waals surface area contributed by atoms with Crippen LogP contribution in [0.25, 0.3) is 20.4 Å². The van der Waals surface area contributed by atoms with Crippen molar-refractivity contribution in [3.05, 3.63) is 94.5 Å².